The molecule has 0 aliphatic carbocycles. The number of hydrogen-bond acceptors (Lipinski definition) is 7. The first-order valence-corrected chi connectivity index (χ1v) is 10.7. The molecule has 0 aliphatic heterocycles. The monoisotopic (exact) mass is 421 g/mol. The molecule has 3 rings (SSSR count). The predicted octanol–water partition coefficient (Wildman–Crippen LogP) is 2.09. The van der Waals surface area contributed by atoms with E-state index >= 15 is 0 Å². The number of sulfonamides is 2. The molecule has 0 saturated carbocycles. The first-order chi connectivity index (χ1) is 13.2. The first kappa shape index (κ1) is 19.5. The van der Waals surface area contributed by atoms with Crippen molar-refractivity contribution in [2.24, 2.45) is 0 Å². The molecule has 146 valence electrons. The fraction of sp³-hybridized carbons (Fsp3) is 0. The van der Waals surface area contributed by atoms with E-state index in [1.807, 2.05) is 0 Å². The molecule has 1 heterocycles. The minimum absolute atomic E-state index is 0.126. The Bertz CT molecular complexity index is 1130. The first-order valence-electron chi connectivity index (χ1n) is 7.76. The highest BCUT2D eigenvalue weighted by Gasteiger charge is 2.18. The molecule has 4 N–H and O–H groups in total. The lowest BCUT2D eigenvalue weighted by molar-refractivity contribution is 0.473. The standard InChI is InChI=1S/C17H15N3O6S2/c21-12-4-1-6-14(10-12)27(23,24)19-16-8-3-9-17(18-16)20-28(25,26)15-7-2-5-13(22)11-15/h1-11,21-22H,(H2,18,19,20). The summed E-state index contributed by atoms with van der Waals surface area (Å²) in [5, 5.41) is 18.9. The lowest BCUT2D eigenvalue weighted by Crippen LogP contribution is -2.16. The van der Waals surface area contributed by atoms with Gasteiger partial charge in [-0.2, -0.15) is 0 Å². The normalized spacial score (nSPS) is 11.7. The van der Waals surface area contributed by atoms with Gasteiger partial charge in [0.15, 0.2) is 0 Å². The lowest BCUT2D eigenvalue weighted by Gasteiger charge is -2.11. The van der Waals surface area contributed by atoms with E-state index in [4.69, 9.17) is 0 Å². The van der Waals surface area contributed by atoms with Crippen molar-refractivity contribution < 1.29 is 27.0 Å². The van der Waals surface area contributed by atoms with E-state index in [2.05, 4.69) is 14.4 Å². The Hall–Kier alpha value is -3.31. The Labute approximate surface area is 161 Å². The van der Waals surface area contributed by atoms with E-state index in [1.165, 1.54) is 54.6 Å². The van der Waals surface area contributed by atoms with Crippen molar-refractivity contribution in [3.63, 3.8) is 0 Å². The van der Waals surface area contributed by atoms with Crippen molar-refractivity contribution in [3.05, 3.63) is 66.7 Å². The number of nitrogens with one attached hydrogen (secondary N) is 2. The van der Waals surface area contributed by atoms with Gasteiger partial charge in [0.05, 0.1) is 9.79 Å². The third-order valence-electron chi connectivity index (χ3n) is 3.48. The third kappa shape index (κ3) is 4.50. The van der Waals surface area contributed by atoms with E-state index in [9.17, 15) is 27.0 Å². The van der Waals surface area contributed by atoms with Gasteiger partial charge in [0.25, 0.3) is 20.0 Å². The molecule has 11 heteroatoms. The third-order valence-corrected chi connectivity index (χ3v) is 6.19. The quantitative estimate of drug-likeness (QED) is 0.477. The maximum absolute atomic E-state index is 12.4. The summed E-state index contributed by atoms with van der Waals surface area (Å²) < 4.78 is 53.9. The van der Waals surface area contributed by atoms with Crippen LogP contribution in [0.2, 0.25) is 0 Å². The van der Waals surface area contributed by atoms with E-state index in [0.717, 1.165) is 12.1 Å². The van der Waals surface area contributed by atoms with Gasteiger partial charge in [-0.05, 0) is 36.4 Å². The van der Waals surface area contributed by atoms with Crippen molar-refractivity contribution in [1.82, 2.24) is 4.98 Å². The summed E-state index contributed by atoms with van der Waals surface area (Å²) >= 11 is 0. The van der Waals surface area contributed by atoms with Gasteiger partial charge in [-0.3, -0.25) is 9.44 Å². The highest BCUT2D eigenvalue weighted by molar-refractivity contribution is 7.93. The average molecular weight is 421 g/mol. The number of benzene rings is 2. The number of nitrogens with zero attached hydrogens (tertiary/aromatic N) is 1. The molecule has 0 fully saturated rings. The number of anilines is 2. The van der Waals surface area contributed by atoms with Crippen LogP contribution < -0.4 is 9.44 Å². The Morgan fingerprint density at radius 2 is 1.04 bits per heavy atom. The zero-order valence-electron chi connectivity index (χ0n) is 14.1. The van der Waals surface area contributed by atoms with Gasteiger partial charge in [0, 0.05) is 12.1 Å². The lowest BCUT2D eigenvalue weighted by atomic mass is 10.3. The van der Waals surface area contributed by atoms with Crippen LogP contribution in [0.25, 0.3) is 0 Å². The highest BCUT2D eigenvalue weighted by atomic mass is 32.2. The van der Waals surface area contributed by atoms with E-state index in [-0.39, 0.29) is 32.9 Å². The molecule has 0 radical (unpaired) electrons. The minimum Gasteiger partial charge on any atom is -0.508 e. The largest absolute Gasteiger partial charge is 0.508 e. The van der Waals surface area contributed by atoms with Crippen LogP contribution in [-0.4, -0.2) is 32.0 Å². The number of phenolic OH excluding ortho intramolecular Hbond substituents is 2. The zero-order chi connectivity index (χ0) is 20.4. The molecule has 3 aromatic rings. The SMILES string of the molecule is O=S(=O)(Nc1cccc(NS(=O)(=O)c2cccc(O)c2)n1)c1cccc(O)c1. The highest BCUT2D eigenvalue weighted by Crippen LogP contribution is 2.22. The second kappa shape index (κ2) is 7.37. The molecule has 1 aromatic heterocycles. The Morgan fingerprint density at radius 3 is 1.43 bits per heavy atom. The van der Waals surface area contributed by atoms with Crippen LogP contribution >= 0.6 is 0 Å². The van der Waals surface area contributed by atoms with Crippen LogP contribution in [0.1, 0.15) is 0 Å². The molecular formula is C17H15N3O6S2. The second-order valence-corrected chi connectivity index (χ2v) is 8.98. The Balaban J connectivity index is 1.85. The maximum Gasteiger partial charge on any atom is 0.263 e. The van der Waals surface area contributed by atoms with Crippen LogP contribution in [0, 0.1) is 0 Å². The molecule has 28 heavy (non-hydrogen) atoms. The predicted molar refractivity (Wildman–Crippen MR) is 102 cm³/mol. The number of pyridine rings is 1. The van der Waals surface area contributed by atoms with Gasteiger partial charge < -0.3 is 10.2 Å². The fourth-order valence-electron chi connectivity index (χ4n) is 2.24. The van der Waals surface area contributed by atoms with Gasteiger partial charge >= 0.3 is 0 Å². The average Bonchev–Trinajstić information content (AvgIpc) is 2.61. The maximum atomic E-state index is 12.4. The van der Waals surface area contributed by atoms with Gasteiger partial charge in [0.2, 0.25) is 0 Å². The topological polar surface area (TPSA) is 146 Å². The minimum atomic E-state index is -4.04. The smallest absolute Gasteiger partial charge is 0.263 e. The Morgan fingerprint density at radius 1 is 0.643 bits per heavy atom. The molecule has 2 aromatic carbocycles. The second-order valence-electron chi connectivity index (χ2n) is 5.61. The van der Waals surface area contributed by atoms with Crippen molar-refractivity contribution in [3.8, 4) is 11.5 Å². The van der Waals surface area contributed by atoms with Gasteiger partial charge in [-0.1, -0.05) is 18.2 Å². The molecule has 0 spiro atoms. The number of aromatic hydroxyl groups is 2. The molecule has 0 amide bonds. The van der Waals surface area contributed by atoms with Gasteiger partial charge in [-0.25, -0.2) is 21.8 Å². The number of hydrogen-bond donors (Lipinski definition) is 4. The van der Waals surface area contributed by atoms with Crippen LogP contribution in [-0.2, 0) is 20.0 Å². The van der Waals surface area contributed by atoms with Crippen LogP contribution in [0.3, 0.4) is 0 Å². The van der Waals surface area contributed by atoms with E-state index < -0.39 is 20.0 Å². The van der Waals surface area contributed by atoms with Crippen molar-refractivity contribution in [2.45, 2.75) is 9.79 Å². The molecule has 9 nitrogen and oxygen atoms in total. The van der Waals surface area contributed by atoms with Crippen molar-refractivity contribution >= 4 is 31.7 Å². The Kier molecular flexibility index (Phi) is 5.12. The zero-order valence-corrected chi connectivity index (χ0v) is 15.8. The molecule has 0 unspecified atom stereocenters. The number of aromatic nitrogens is 1. The van der Waals surface area contributed by atoms with Crippen LogP contribution in [0.15, 0.2) is 76.5 Å². The summed E-state index contributed by atoms with van der Waals surface area (Å²) in [5.74, 6) is -0.689. The molecule has 0 aliphatic rings. The number of rotatable bonds is 6. The molecule has 0 atom stereocenters. The van der Waals surface area contributed by atoms with Crippen LogP contribution in [0.5, 0.6) is 11.5 Å². The molecule has 0 saturated heterocycles. The van der Waals surface area contributed by atoms with Crippen molar-refractivity contribution in [1.29, 1.82) is 0 Å². The summed E-state index contributed by atoms with van der Waals surface area (Å²) in [6, 6.07) is 14.2. The fourth-order valence-corrected chi connectivity index (χ4v) is 4.32. The van der Waals surface area contributed by atoms with E-state index in [1.54, 1.807) is 0 Å². The summed E-state index contributed by atoms with van der Waals surface area (Å²) in [7, 11) is -8.07. The summed E-state index contributed by atoms with van der Waals surface area (Å²) in [5.41, 5.74) is 0. The molecular weight excluding hydrogens is 406 g/mol. The summed E-state index contributed by atoms with van der Waals surface area (Å²) in [4.78, 5) is 3.57. The summed E-state index contributed by atoms with van der Waals surface area (Å²) in [6.45, 7) is 0. The van der Waals surface area contributed by atoms with Gasteiger partial charge in [0.1, 0.15) is 23.1 Å². The summed E-state index contributed by atoms with van der Waals surface area (Å²) in [6.07, 6.45) is 0. The molecule has 0 bridgehead atoms. The van der Waals surface area contributed by atoms with Crippen molar-refractivity contribution in [2.75, 3.05) is 9.44 Å². The van der Waals surface area contributed by atoms with Crippen LogP contribution in [0.4, 0.5) is 11.6 Å². The van der Waals surface area contributed by atoms with Gasteiger partial charge in [-0.15, -0.1) is 0 Å². The van der Waals surface area contributed by atoms with E-state index in [0.29, 0.717) is 0 Å². The number of phenols is 2.